The molecule has 0 saturated heterocycles. The van der Waals surface area contributed by atoms with Gasteiger partial charge in [0.05, 0.1) is 23.6 Å². The maximum atomic E-state index is 13.3. The van der Waals surface area contributed by atoms with Gasteiger partial charge in [0.25, 0.3) is 0 Å². The highest BCUT2D eigenvalue weighted by Gasteiger charge is 2.40. The molecule has 0 saturated carbocycles. The highest BCUT2D eigenvalue weighted by atomic mass is 16.1. The Bertz CT molecular complexity index is 910. The van der Waals surface area contributed by atoms with Crippen molar-refractivity contribution in [3.8, 4) is 6.07 Å². The Hall–Kier alpha value is -3.22. The van der Waals surface area contributed by atoms with Gasteiger partial charge in [0.2, 0.25) is 0 Å². The lowest BCUT2D eigenvalue weighted by atomic mass is 9.75. The van der Waals surface area contributed by atoms with Crippen molar-refractivity contribution in [1.82, 2.24) is 5.32 Å². The third kappa shape index (κ3) is 4.93. The molecule has 3 nitrogen and oxygen atoms in total. The maximum Gasteiger partial charge on any atom is 0.151 e. The molecule has 3 aromatic carbocycles. The number of nitriles is 1. The van der Waals surface area contributed by atoms with Crippen molar-refractivity contribution in [2.24, 2.45) is 11.8 Å². The van der Waals surface area contributed by atoms with Crippen LogP contribution in [0.5, 0.6) is 0 Å². The van der Waals surface area contributed by atoms with Crippen molar-refractivity contribution >= 4 is 5.78 Å². The Morgan fingerprint density at radius 2 is 1.19 bits per heavy atom. The number of rotatable bonds is 9. The number of nitrogens with zero attached hydrogens (tertiary/aromatic N) is 1. The molecule has 3 heteroatoms. The van der Waals surface area contributed by atoms with Gasteiger partial charge in [-0.15, -0.1) is 0 Å². The second kappa shape index (κ2) is 10.2. The van der Waals surface area contributed by atoms with E-state index in [1.165, 1.54) is 0 Å². The van der Waals surface area contributed by atoms with Crippen LogP contribution in [0.1, 0.15) is 43.9 Å². The second-order valence-corrected chi connectivity index (χ2v) is 8.41. The maximum absolute atomic E-state index is 13.3. The van der Waals surface area contributed by atoms with Crippen molar-refractivity contribution < 1.29 is 4.79 Å². The summed E-state index contributed by atoms with van der Waals surface area (Å²) in [7, 11) is 0. The zero-order valence-electron chi connectivity index (χ0n) is 18.5. The van der Waals surface area contributed by atoms with E-state index in [2.05, 4.69) is 61.6 Å². The minimum atomic E-state index is -0.704. The Morgan fingerprint density at radius 3 is 1.52 bits per heavy atom. The Morgan fingerprint density at radius 1 is 0.806 bits per heavy atom. The molecule has 0 aliphatic rings. The zero-order chi connectivity index (χ0) is 22.3. The molecule has 0 spiro atoms. The van der Waals surface area contributed by atoms with Crippen molar-refractivity contribution in [1.29, 1.82) is 5.26 Å². The van der Waals surface area contributed by atoms with E-state index in [9.17, 15) is 10.1 Å². The summed E-state index contributed by atoms with van der Waals surface area (Å²) in [5.74, 6) is -0.180. The van der Waals surface area contributed by atoms with Gasteiger partial charge in [-0.05, 0) is 29.5 Å². The predicted molar refractivity (Wildman–Crippen MR) is 125 cm³/mol. The minimum Gasteiger partial charge on any atom is -0.298 e. The summed E-state index contributed by atoms with van der Waals surface area (Å²) in [6.45, 7) is 5.91. The van der Waals surface area contributed by atoms with Gasteiger partial charge >= 0.3 is 0 Å². The van der Waals surface area contributed by atoms with E-state index in [0.29, 0.717) is 0 Å². The van der Waals surface area contributed by atoms with Gasteiger partial charge in [0.1, 0.15) is 0 Å². The first kappa shape index (κ1) is 22.5. The Labute approximate surface area is 185 Å². The van der Waals surface area contributed by atoms with Gasteiger partial charge in [-0.25, -0.2) is 0 Å². The topological polar surface area (TPSA) is 52.9 Å². The summed E-state index contributed by atoms with van der Waals surface area (Å²) < 4.78 is 0. The third-order valence-corrected chi connectivity index (χ3v) is 5.73. The third-order valence-electron chi connectivity index (χ3n) is 5.73. The molecule has 0 bridgehead atoms. The molecule has 3 aromatic rings. The fraction of sp³-hybridized carbons (Fsp3) is 0.286. The summed E-state index contributed by atoms with van der Waals surface area (Å²) in [5, 5.41) is 13.0. The van der Waals surface area contributed by atoms with E-state index in [1.807, 2.05) is 54.6 Å². The molecule has 0 heterocycles. The van der Waals surface area contributed by atoms with Crippen LogP contribution in [0.15, 0.2) is 91.0 Å². The van der Waals surface area contributed by atoms with Gasteiger partial charge in [-0.1, -0.05) is 105 Å². The smallest absolute Gasteiger partial charge is 0.151 e. The fourth-order valence-corrected chi connectivity index (χ4v) is 4.14. The van der Waals surface area contributed by atoms with Crippen LogP contribution in [-0.2, 0) is 10.3 Å². The highest BCUT2D eigenvalue weighted by Crippen LogP contribution is 2.38. The number of carbonyl (C=O) groups excluding carboxylic acids is 1. The van der Waals surface area contributed by atoms with Crippen LogP contribution in [0.2, 0.25) is 0 Å². The molecule has 31 heavy (non-hydrogen) atoms. The first-order chi connectivity index (χ1) is 15.0. The molecular formula is C28H30N2O. The van der Waals surface area contributed by atoms with Crippen LogP contribution >= 0.6 is 0 Å². The van der Waals surface area contributed by atoms with E-state index >= 15 is 0 Å². The van der Waals surface area contributed by atoms with E-state index in [4.69, 9.17) is 0 Å². The van der Waals surface area contributed by atoms with Crippen molar-refractivity contribution in [3.05, 3.63) is 108 Å². The quantitative estimate of drug-likeness (QED) is 0.460. The van der Waals surface area contributed by atoms with E-state index in [1.54, 1.807) is 6.92 Å². The monoisotopic (exact) mass is 410 g/mol. The number of benzene rings is 3. The molecule has 158 valence electrons. The van der Waals surface area contributed by atoms with Crippen LogP contribution in [0.25, 0.3) is 0 Å². The SMILES string of the molecule is CC(C)[C@H](NC(c1ccccc1)(c1ccccc1)c1ccccc1)C(=O)C[C@H](C)C#N. The predicted octanol–water partition coefficient (Wildman–Crippen LogP) is 5.71. The highest BCUT2D eigenvalue weighted by molar-refractivity contribution is 5.85. The summed E-state index contributed by atoms with van der Waals surface area (Å²) in [6, 6.07) is 32.6. The first-order valence-electron chi connectivity index (χ1n) is 10.9. The van der Waals surface area contributed by atoms with Crippen molar-refractivity contribution in [2.75, 3.05) is 0 Å². The van der Waals surface area contributed by atoms with Crippen LogP contribution in [0.3, 0.4) is 0 Å². The summed E-state index contributed by atoms with van der Waals surface area (Å²) >= 11 is 0. The van der Waals surface area contributed by atoms with E-state index in [0.717, 1.165) is 16.7 Å². The van der Waals surface area contributed by atoms with E-state index < -0.39 is 11.6 Å². The molecule has 3 rings (SSSR count). The summed E-state index contributed by atoms with van der Waals surface area (Å²) in [6.07, 6.45) is 0.237. The average Bonchev–Trinajstić information content (AvgIpc) is 2.81. The van der Waals surface area contributed by atoms with Crippen LogP contribution < -0.4 is 5.32 Å². The normalized spacial score (nSPS) is 13.4. The number of carbonyl (C=O) groups is 1. The number of ketones is 1. The number of hydrogen-bond donors (Lipinski definition) is 1. The molecular weight excluding hydrogens is 380 g/mol. The van der Waals surface area contributed by atoms with Gasteiger partial charge in [-0.3, -0.25) is 10.1 Å². The number of hydrogen-bond acceptors (Lipinski definition) is 3. The first-order valence-corrected chi connectivity index (χ1v) is 10.9. The van der Waals surface area contributed by atoms with Crippen LogP contribution in [-0.4, -0.2) is 11.8 Å². The van der Waals surface area contributed by atoms with Crippen LogP contribution in [0.4, 0.5) is 0 Å². The number of Topliss-reactive ketones (excluding diaryl/α,β-unsaturated/α-hetero) is 1. The molecule has 0 amide bonds. The largest absolute Gasteiger partial charge is 0.298 e. The average molecular weight is 411 g/mol. The van der Waals surface area contributed by atoms with Crippen LogP contribution in [0, 0.1) is 23.2 Å². The molecule has 1 N–H and O–H groups in total. The second-order valence-electron chi connectivity index (χ2n) is 8.41. The fourth-order valence-electron chi connectivity index (χ4n) is 4.14. The molecule has 0 aromatic heterocycles. The minimum absolute atomic E-state index is 0.0638. The van der Waals surface area contributed by atoms with Crippen molar-refractivity contribution in [2.45, 2.75) is 38.8 Å². The van der Waals surface area contributed by atoms with E-state index in [-0.39, 0.29) is 24.0 Å². The Kier molecular flexibility index (Phi) is 7.39. The lowest BCUT2D eigenvalue weighted by Gasteiger charge is -2.41. The standard InChI is InChI=1S/C28H30N2O/c1-21(2)27(26(31)19-22(3)20-29)30-28(23-13-7-4-8-14-23,24-15-9-5-10-16-24)25-17-11-6-12-18-25/h4-18,21-22,27,30H,19H2,1-3H3/t22-,27-/m0/s1. The summed E-state index contributed by atoms with van der Waals surface area (Å²) in [4.78, 5) is 13.3. The molecule has 0 unspecified atom stereocenters. The van der Waals surface area contributed by atoms with Gasteiger partial charge in [-0.2, -0.15) is 5.26 Å². The lowest BCUT2D eigenvalue weighted by Crippen LogP contribution is -2.54. The molecule has 0 fully saturated rings. The number of nitrogens with one attached hydrogen (secondary N) is 1. The molecule has 0 aliphatic heterocycles. The Balaban J connectivity index is 2.22. The lowest BCUT2D eigenvalue weighted by molar-refractivity contribution is -0.123. The van der Waals surface area contributed by atoms with Crippen molar-refractivity contribution in [3.63, 3.8) is 0 Å². The zero-order valence-corrected chi connectivity index (χ0v) is 18.5. The summed E-state index contributed by atoms with van der Waals surface area (Å²) in [5.41, 5.74) is 2.50. The molecule has 2 atom stereocenters. The van der Waals surface area contributed by atoms with Gasteiger partial charge in [0.15, 0.2) is 5.78 Å². The molecule has 0 aliphatic carbocycles. The van der Waals surface area contributed by atoms with Gasteiger partial charge < -0.3 is 0 Å². The molecule has 0 radical (unpaired) electrons. The van der Waals surface area contributed by atoms with Gasteiger partial charge in [0, 0.05) is 6.42 Å².